The highest BCUT2D eigenvalue weighted by Crippen LogP contribution is 2.40. The Hall–Kier alpha value is -3.44. The van der Waals surface area contributed by atoms with E-state index in [1.807, 2.05) is 74.5 Å². The molecule has 2 heterocycles. The zero-order valence-corrected chi connectivity index (χ0v) is 19.3. The first-order valence-electron chi connectivity index (χ1n) is 11.0. The van der Waals surface area contributed by atoms with Crippen LogP contribution in [-0.2, 0) is 13.0 Å². The van der Waals surface area contributed by atoms with Crippen molar-refractivity contribution in [1.29, 1.82) is 0 Å². The third kappa shape index (κ3) is 4.05. The maximum absolute atomic E-state index is 13.0. The summed E-state index contributed by atoms with van der Waals surface area (Å²) in [5.74, 6) is 1.39. The van der Waals surface area contributed by atoms with Crippen LogP contribution in [-0.4, -0.2) is 13.3 Å². The Balaban J connectivity index is 1.55. The van der Waals surface area contributed by atoms with Crippen molar-refractivity contribution >= 4 is 28.3 Å². The third-order valence-corrected chi connectivity index (χ3v) is 6.31. The molecular weight excluding hydrogens is 438 g/mol. The second-order valence-corrected chi connectivity index (χ2v) is 8.50. The standard InChI is InChI=1S/C27H24ClNO4/c1-3-31-20-11-9-19(10-12-20)29-15-23-25-21(14-24(28)26(23)32-16-29)17(2)22(27(30)33-25)13-18-7-5-4-6-8-18/h4-12,14H,3,13,15-16H2,1-2H3. The molecule has 0 bridgehead atoms. The molecule has 0 saturated heterocycles. The normalized spacial score (nSPS) is 13.0. The van der Waals surface area contributed by atoms with E-state index in [1.54, 1.807) is 0 Å². The lowest BCUT2D eigenvalue weighted by atomic mass is 9.97. The monoisotopic (exact) mass is 461 g/mol. The van der Waals surface area contributed by atoms with Crippen LogP contribution in [0.15, 0.2) is 69.9 Å². The highest BCUT2D eigenvalue weighted by molar-refractivity contribution is 6.33. The third-order valence-electron chi connectivity index (χ3n) is 6.03. The fourth-order valence-corrected chi connectivity index (χ4v) is 4.58. The van der Waals surface area contributed by atoms with Crippen LogP contribution in [0.3, 0.4) is 0 Å². The van der Waals surface area contributed by atoms with E-state index in [9.17, 15) is 4.79 Å². The molecule has 1 aliphatic heterocycles. The van der Waals surface area contributed by atoms with Gasteiger partial charge in [0, 0.05) is 23.1 Å². The molecule has 0 radical (unpaired) electrons. The number of aryl methyl sites for hydroxylation is 1. The maximum Gasteiger partial charge on any atom is 0.340 e. The van der Waals surface area contributed by atoms with Crippen molar-refractivity contribution < 1.29 is 13.9 Å². The van der Waals surface area contributed by atoms with Gasteiger partial charge < -0.3 is 18.8 Å². The fourth-order valence-electron chi connectivity index (χ4n) is 4.30. The van der Waals surface area contributed by atoms with Crippen molar-refractivity contribution in [2.24, 2.45) is 0 Å². The van der Waals surface area contributed by atoms with Crippen molar-refractivity contribution in [3.05, 3.63) is 98.4 Å². The van der Waals surface area contributed by atoms with E-state index in [0.717, 1.165) is 33.5 Å². The van der Waals surface area contributed by atoms with Crippen molar-refractivity contribution in [3.63, 3.8) is 0 Å². The molecule has 33 heavy (non-hydrogen) atoms. The molecule has 6 heteroatoms. The summed E-state index contributed by atoms with van der Waals surface area (Å²) in [6, 6.07) is 19.6. The molecule has 0 amide bonds. The predicted octanol–water partition coefficient (Wildman–Crippen LogP) is 6.10. The number of benzene rings is 3. The molecule has 0 saturated carbocycles. The molecule has 5 nitrogen and oxygen atoms in total. The molecule has 0 N–H and O–H groups in total. The number of hydrogen-bond acceptors (Lipinski definition) is 5. The summed E-state index contributed by atoms with van der Waals surface area (Å²) in [5.41, 5.74) is 4.55. The molecule has 0 atom stereocenters. The molecule has 5 rings (SSSR count). The van der Waals surface area contributed by atoms with E-state index in [0.29, 0.717) is 48.2 Å². The zero-order chi connectivity index (χ0) is 22.9. The maximum atomic E-state index is 13.0. The van der Waals surface area contributed by atoms with Crippen molar-refractivity contribution in [1.82, 2.24) is 0 Å². The highest BCUT2D eigenvalue weighted by atomic mass is 35.5. The van der Waals surface area contributed by atoms with E-state index in [4.69, 9.17) is 25.5 Å². The summed E-state index contributed by atoms with van der Waals surface area (Å²) in [6.45, 7) is 5.39. The van der Waals surface area contributed by atoms with Gasteiger partial charge >= 0.3 is 5.63 Å². The van der Waals surface area contributed by atoms with Gasteiger partial charge in [0.1, 0.15) is 17.1 Å². The Morgan fingerprint density at radius 1 is 1.09 bits per heavy atom. The van der Waals surface area contributed by atoms with Gasteiger partial charge in [-0.1, -0.05) is 41.9 Å². The molecule has 0 fully saturated rings. The molecule has 1 aliphatic rings. The average molecular weight is 462 g/mol. The van der Waals surface area contributed by atoms with E-state index >= 15 is 0 Å². The van der Waals surface area contributed by atoms with Gasteiger partial charge in [-0.15, -0.1) is 0 Å². The first kappa shape index (κ1) is 21.4. The molecule has 3 aromatic carbocycles. The van der Waals surface area contributed by atoms with Gasteiger partial charge in [-0.25, -0.2) is 4.79 Å². The van der Waals surface area contributed by atoms with Crippen LogP contribution in [0.1, 0.15) is 29.2 Å². The lowest BCUT2D eigenvalue weighted by Crippen LogP contribution is -2.32. The minimum Gasteiger partial charge on any atom is -0.494 e. The molecule has 0 spiro atoms. The lowest BCUT2D eigenvalue weighted by Gasteiger charge is -2.31. The summed E-state index contributed by atoms with van der Waals surface area (Å²) in [4.78, 5) is 15.1. The largest absolute Gasteiger partial charge is 0.494 e. The minimum atomic E-state index is -0.327. The molecule has 168 valence electrons. The van der Waals surface area contributed by atoms with Crippen LogP contribution >= 0.6 is 11.6 Å². The number of anilines is 1. The number of nitrogens with zero attached hydrogens (tertiary/aromatic N) is 1. The number of hydrogen-bond donors (Lipinski definition) is 0. The quantitative estimate of drug-likeness (QED) is 0.336. The number of ether oxygens (including phenoxy) is 2. The van der Waals surface area contributed by atoms with Gasteiger partial charge in [0.2, 0.25) is 0 Å². The van der Waals surface area contributed by atoms with E-state index in [2.05, 4.69) is 4.90 Å². The topological polar surface area (TPSA) is 51.9 Å². The van der Waals surface area contributed by atoms with Crippen molar-refractivity contribution in [2.75, 3.05) is 18.2 Å². The molecule has 4 aromatic rings. The Labute approximate surface area is 197 Å². The molecule has 1 aromatic heterocycles. The van der Waals surface area contributed by atoms with Gasteiger partial charge in [-0.05, 0) is 55.3 Å². The van der Waals surface area contributed by atoms with Crippen LogP contribution in [0.25, 0.3) is 11.0 Å². The molecular formula is C27H24ClNO4. The van der Waals surface area contributed by atoms with E-state index in [-0.39, 0.29) is 5.63 Å². The fraction of sp³-hybridized carbons (Fsp3) is 0.222. The second-order valence-electron chi connectivity index (χ2n) is 8.10. The Morgan fingerprint density at radius 3 is 2.58 bits per heavy atom. The summed E-state index contributed by atoms with van der Waals surface area (Å²) in [5, 5.41) is 1.35. The van der Waals surface area contributed by atoms with Crippen molar-refractivity contribution in [3.8, 4) is 11.5 Å². The molecule has 0 aliphatic carbocycles. The van der Waals surface area contributed by atoms with Crippen LogP contribution in [0.2, 0.25) is 5.02 Å². The average Bonchev–Trinajstić information content (AvgIpc) is 2.84. The van der Waals surface area contributed by atoms with Crippen LogP contribution in [0.5, 0.6) is 11.5 Å². The highest BCUT2D eigenvalue weighted by Gasteiger charge is 2.26. The van der Waals surface area contributed by atoms with E-state index in [1.165, 1.54) is 0 Å². The Bertz CT molecular complexity index is 1360. The smallest absolute Gasteiger partial charge is 0.340 e. The van der Waals surface area contributed by atoms with Gasteiger partial charge in [0.15, 0.2) is 6.73 Å². The summed E-state index contributed by atoms with van der Waals surface area (Å²) >= 11 is 6.61. The number of halogens is 1. The van der Waals surface area contributed by atoms with E-state index < -0.39 is 0 Å². The second kappa shape index (κ2) is 8.83. The Morgan fingerprint density at radius 2 is 1.85 bits per heavy atom. The summed E-state index contributed by atoms with van der Waals surface area (Å²) in [7, 11) is 0. The SMILES string of the molecule is CCOc1ccc(N2COc3c(Cl)cc4c(C)c(Cc5ccccc5)c(=O)oc4c3C2)cc1. The lowest BCUT2D eigenvalue weighted by molar-refractivity contribution is 0.289. The number of rotatable bonds is 5. The molecule has 0 unspecified atom stereocenters. The van der Waals surface area contributed by atoms with Gasteiger partial charge in [-0.2, -0.15) is 0 Å². The summed E-state index contributed by atoms with van der Waals surface area (Å²) < 4.78 is 17.4. The predicted molar refractivity (Wildman–Crippen MR) is 131 cm³/mol. The van der Waals surface area contributed by atoms with Crippen LogP contribution in [0, 0.1) is 6.92 Å². The van der Waals surface area contributed by atoms with Gasteiger partial charge in [-0.3, -0.25) is 0 Å². The minimum absolute atomic E-state index is 0.327. The number of fused-ring (bicyclic) bond motifs is 3. The van der Waals surface area contributed by atoms with Crippen LogP contribution < -0.4 is 20.0 Å². The zero-order valence-electron chi connectivity index (χ0n) is 18.6. The first-order chi connectivity index (χ1) is 16.0. The first-order valence-corrected chi connectivity index (χ1v) is 11.3. The summed E-state index contributed by atoms with van der Waals surface area (Å²) in [6.07, 6.45) is 0.508. The van der Waals surface area contributed by atoms with Crippen LogP contribution in [0.4, 0.5) is 5.69 Å². The van der Waals surface area contributed by atoms with Gasteiger partial charge in [0.05, 0.1) is 23.7 Å². The van der Waals surface area contributed by atoms with Crippen molar-refractivity contribution in [2.45, 2.75) is 26.8 Å². The Kier molecular flexibility index (Phi) is 5.73. The van der Waals surface area contributed by atoms with Gasteiger partial charge in [0.25, 0.3) is 0 Å².